The predicted octanol–water partition coefficient (Wildman–Crippen LogP) is 3.47. The number of carbonyl (C=O) groups excluding carboxylic acids is 2. The highest BCUT2D eigenvalue weighted by Crippen LogP contribution is 2.28. The molecule has 0 saturated heterocycles. The number of hydrogen-bond acceptors (Lipinski definition) is 5. The van der Waals surface area contributed by atoms with Crippen molar-refractivity contribution in [1.82, 2.24) is 4.90 Å². The van der Waals surface area contributed by atoms with Crippen molar-refractivity contribution in [2.24, 2.45) is 0 Å². The molecule has 0 aliphatic heterocycles. The molecular formula is C20H22ClNO5. The van der Waals surface area contributed by atoms with E-state index in [9.17, 15) is 9.59 Å². The zero-order valence-electron chi connectivity index (χ0n) is 15.5. The van der Waals surface area contributed by atoms with Gasteiger partial charge in [-0.1, -0.05) is 11.6 Å². The first-order chi connectivity index (χ1) is 12.9. The first-order valence-corrected chi connectivity index (χ1v) is 8.72. The lowest BCUT2D eigenvalue weighted by atomic mass is 10.1. The van der Waals surface area contributed by atoms with Crippen molar-refractivity contribution in [3.8, 4) is 17.2 Å². The molecule has 0 saturated carbocycles. The summed E-state index contributed by atoms with van der Waals surface area (Å²) < 4.78 is 16.3. The minimum atomic E-state index is -0.201. The molecule has 0 aliphatic carbocycles. The average molecular weight is 392 g/mol. The van der Waals surface area contributed by atoms with Crippen LogP contribution in [0.25, 0.3) is 0 Å². The predicted molar refractivity (Wildman–Crippen MR) is 103 cm³/mol. The van der Waals surface area contributed by atoms with E-state index < -0.39 is 0 Å². The second-order valence-corrected chi connectivity index (χ2v) is 6.26. The summed E-state index contributed by atoms with van der Waals surface area (Å²) in [5, 5.41) is 0.638. The lowest BCUT2D eigenvalue weighted by Crippen LogP contribution is -2.34. The monoisotopic (exact) mass is 391 g/mol. The molecule has 2 rings (SSSR count). The molecule has 1 amide bonds. The van der Waals surface area contributed by atoms with Gasteiger partial charge in [0.05, 0.1) is 13.7 Å². The Bertz CT molecular complexity index is 791. The molecule has 27 heavy (non-hydrogen) atoms. The number of ketones is 1. The first kappa shape index (κ1) is 20.6. The average Bonchev–Trinajstić information content (AvgIpc) is 2.67. The number of ether oxygens (including phenoxy) is 3. The van der Waals surface area contributed by atoms with Crippen molar-refractivity contribution in [3.05, 3.63) is 53.1 Å². The van der Waals surface area contributed by atoms with Gasteiger partial charge < -0.3 is 19.1 Å². The van der Waals surface area contributed by atoms with Crippen LogP contribution in [0.3, 0.4) is 0 Å². The smallest absolute Gasteiger partial charge is 0.260 e. The van der Waals surface area contributed by atoms with Crippen LogP contribution in [-0.2, 0) is 4.79 Å². The van der Waals surface area contributed by atoms with E-state index in [0.717, 1.165) is 0 Å². The lowest BCUT2D eigenvalue weighted by Gasteiger charge is -2.18. The molecule has 0 aliphatic rings. The topological polar surface area (TPSA) is 65.1 Å². The van der Waals surface area contributed by atoms with Gasteiger partial charge in [-0.3, -0.25) is 9.59 Å². The normalized spacial score (nSPS) is 10.2. The fourth-order valence-electron chi connectivity index (χ4n) is 2.21. The molecule has 2 aromatic carbocycles. The molecule has 7 heteroatoms. The number of methoxy groups -OCH3 is 1. The Balaban J connectivity index is 1.82. The van der Waals surface area contributed by atoms with Crippen LogP contribution in [-0.4, -0.2) is 50.5 Å². The number of nitrogens with zero attached hydrogens (tertiary/aromatic N) is 1. The maximum Gasteiger partial charge on any atom is 0.260 e. The summed E-state index contributed by atoms with van der Waals surface area (Å²) in [6.45, 7) is 2.08. The van der Waals surface area contributed by atoms with Gasteiger partial charge in [0.15, 0.2) is 23.9 Å². The fraction of sp³-hybridized carbons (Fsp3) is 0.300. The van der Waals surface area contributed by atoms with E-state index in [-0.39, 0.29) is 18.3 Å². The van der Waals surface area contributed by atoms with Crippen LogP contribution >= 0.6 is 11.6 Å². The SMILES string of the molecule is COc1cc(C(C)=O)ccc1OCC(=O)N(C)CCOc1ccc(Cl)cc1. The van der Waals surface area contributed by atoms with Crippen LogP contribution in [0, 0.1) is 0 Å². The molecule has 0 bridgehead atoms. The fourth-order valence-corrected chi connectivity index (χ4v) is 2.34. The Kier molecular flexibility index (Phi) is 7.49. The van der Waals surface area contributed by atoms with E-state index in [1.807, 2.05) is 0 Å². The molecule has 0 unspecified atom stereocenters. The number of benzene rings is 2. The number of amides is 1. The third kappa shape index (κ3) is 6.18. The second kappa shape index (κ2) is 9.83. The molecular weight excluding hydrogens is 370 g/mol. The van der Waals surface area contributed by atoms with Gasteiger partial charge in [0.25, 0.3) is 5.91 Å². The van der Waals surface area contributed by atoms with Crippen LogP contribution in [0.15, 0.2) is 42.5 Å². The van der Waals surface area contributed by atoms with Crippen molar-refractivity contribution in [2.45, 2.75) is 6.92 Å². The summed E-state index contributed by atoms with van der Waals surface area (Å²) in [7, 11) is 3.15. The van der Waals surface area contributed by atoms with Gasteiger partial charge in [-0.2, -0.15) is 0 Å². The molecule has 0 atom stereocenters. The Morgan fingerprint density at radius 3 is 2.37 bits per heavy atom. The van der Waals surface area contributed by atoms with Crippen molar-refractivity contribution < 1.29 is 23.8 Å². The third-order valence-electron chi connectivity index (χ3n) is 3.86. The Morgan fingerprint density at radius 1 is 1.04 bits per heavy atom. The van der Waals surface area contributed by atoms with Gasteiger partial charge in [-0.25, -0.2) is 0 Å². The van der Waals surface area contributed by atoms with Crippen molar-refractivity contribution in [3.63, 3.8) is 0 Å². The van der Waals surface area contributed by atoms with Crippen molar-refractivity contribution >= 4 is 23.3 Å². The van der Waals surface area contributed by atoms with Gasteiger partial charge in [-0.15, -0.1) is 0 Å². The summed E-state index contributed by atoms with van der Waals surface area (Å²) in [5.41, 5.74) is 0.516. The van der Waals surface area contributed by atoms with Gasteiger partial charge in [0.1, 0.15) is 12.4 Å². The molecule has 0 fully saturated rings. The molecule has 0 N–H and O–H groups in total. The van der Waals surface area contributed by atoms with E-state index in [2.05, 4.69) is 0 Å². The first-order valence-electron chi connectivity index (χ1n) is 8.35. The molecule has 0 heterocycles. The molecule has 0 aromatic heterocycles. The summed E-state index contributed by atoms with van der Waals surface area (Å²) >= 11 is 5.82. The van der Waals surface area contributed by atoms with Crippen LogP contribution in [0.2, 0.25) is 5.02 Å². The number of rotatable bonds is 9. The lowest BCUT2D eigenvalue weighted by molar-refractivity contribution is -0.132. The molecule has 6 nitrogen and oxygen atoms in total. The standard InChI is InChI=1S/C20H22ClNO5/c1-14(23)15-4-9-18(19(12-15)25-3)27-13-20(24)22(2)10-11-26-17-7-5-16(21)6-8-17/h4-9,12H,10-11,13H2,1-3H3. The van der Waals surface area contributed by atoms with E-state index in [0.29, 0.717) is 41.0 Å². The minimum Gasteiger partial charge on any atom is -0.493 e. The highest BCUT2D eigenvalue weighted by molar-refractivity contribution is 6.30. The minimum absolute atomic E-state index is 0.0728. The van der Waals surface area contributed by atoms with Gasteiger partial charge in [-0.05, 0) is 49.4 Å². The number of Topliss-reactive ketones (excluding diaryl/α,β-unsaturated/α-hetero) is 1. The van der Waals surface area contributed by atoms with E-state index in [1.54, 1.807) is 49.5 Å². The van der Waals surface area contributed by atoms with E-state index in [1.165, 1.54) is 18.9 Å². The zero-order valence-corrected chi connectivity index (χ0v) is 16.3. The van der Waals surface area contributed by atoms with Crippen molar-refractivity contribution in [1.29, 1.82) is 0 Å². The summed E-state index contributed by atoms with van der Waals surface area (Å²) in [6, 6.07) is 11.9. The molecule has 0 radical (unpaired) electrons. The third-order valence-corrected chi connectivity index (χ3v) is 4.11. The van der Waals surface area contributed by atoms with Crippen LogP contribution in [0.5, 0.6) is 17.2 Å². The summed E-state index contributed by atoms with van der Waals surface area (Å²) in [4.78, 5) is 25.2. The van der Waals surface area contributed by atoms with Crippen LogP contribution in [0.1, 0.15) is 17.3 Å². The van der Waals surface area contributed by atoms with Crippen LogP contribution in [0.4, 0.5) is 0 Å². The van der Waals surface area contributed by atoms with Crippen molar-refractivity contribution in [2.75, 3.05) is 33.9 Å². The molecule has 0 spiro atoms. The highest BCUT2D eigenvalue weighted by Gasteiger charge is 2.13. The number of hydrogen-bond donors (Lipinski definition) is 0. The van der Waals surface area contributed by atoms with Gasteiger partial charge >= 0.3 is 0 Å². The van der Waals surface area contributed by atoms with Crippen LogP contribution < -0.4 is 14.2 Å². The number of likely N-dealkylation sites (N-methyl/N-ethyl adjacent to an activating group) is 1. The van der Waals surface area contributed by atoms with Gasteiger partial charge in [0, 0.05) is 17.6 Å². The second-order valence-electron chi connectivity index (χ2n) is 5.83. The maximum atomic E-state index is 12.2. The van der Waals surface area contributed by atoms with E-state index >= 15 is 0 Å². The highest BCUT2D eigenvalue weighted by atomic mass is 35.5. The Morgan fingerprint density at radius 2 is 1.74 bits per heavy atom. The zero-order chi connectivity index (χ0) is 19.8. The quantitative estimate of drug-likeness (QED) is 0.612. The number of halogens is 1. The molecule has 2 aromatic rings. The largest absolute Gasteiger partial charge is 0.493 e. The Hall–Kier alpha value is -2.73. The summed E-state index contributed by atoms with van der Waals surface area (Å²) in [6.07, 6.45) is 0. The van der Waals surface area contributed by atoms with E-state index in [4.69, 9.17) is 25.8 Å². The Labute approximate surface area is 163 Å². The maximum absolute atomic E-state index is 12.2. The van der Waals surface area contributed by atoms with Gasteiger partial charge in [0.2, 0.25) is 0 Å². The summed E-state index contributed by atoms with van der Waals surface area (Å²) in [5.74, 6) is 1.22. The number of carbonyl (C=O) groups is 2. The molecule has 144 valence electrons.